The molecule has 0 spiro atoms. The van der Waals surface area contributed by atoms with Gasteiger partial charge in [0.05, 0.1) is 0 Å². The van der Waals surface area contributed by atoms with Crippen LogP contribution in [-0.4, -0.2) is 54.3 Å². The number of benzene rings is 2. The molecule has 2 unspecified atom stereocenters. The number of rotatable bonds is 6. The molecule has 9 heteroatoms. The van der Waals surface area contributed by atoms with Crippen LogP contribution in [0.4, 0.5) is 23.3 Å². The molecule has 0 saturated carbocycles. The molecule has 2 fully saturated rings. The summed E-state index contributed by atoms with van der Waals surface area (Å²) < 4.78 is 0. The number of para-hydroxylation sites is 1. The van der Waals surface area contributed by atoms with E-state index in [0.29, 0.717) is 29.4 Å². The maximum Gasteiger partial charge on any atom is 0.232 e. The molecule has 38 heavy (non-hydrogen) atoms. The average molecular weight is 550 g/mol. The standard InChI is InChI=1S/C29H36ClN7S/c1-21-16-22(2)20-37(19-21)27-17-26(36-14-12-35(13-15-36)25-6-4-3-5-7-25)32-28(33-27)34-29(38)31-18-23-8-10-24(30)11-9-23/h3-11,17,21-22H,12-16,18-20H2,1-2H3,(H2,31,32,33,34,38). The van der Waals surface area contributed by atoms with E-state index in [1.807, 2.05) is 24.3 Å². The molecule has 3 heterocycles. The predicted octanol–water partition coefficient (Wildman–Crippen LogP) is 5.43. The molecular weight excluding hydrogens is 514 g/mol. The van der Waals surface area contributed by atoms with Crippen LogP contribution in [0.5, 0.6) is 0 Å². The predicted molar refractivity (Wildman–Crippen MR) is 163 cm³/mol. The van der Waals surface area contributed by atoms with E-state index < -0.39 is 0 Å². The summed E-state index contributed by atoms with van der Waals surface area (Å²) in [7, 11) is 0. The Kier molecular flexibility index (Phi) is 8.49. The fourth-order valence-electron chi connectivity index (χ4n) is 5.41. The minimum absolute atomic E-state index is 0.498. The quantitative estimate of drug-likeness (QED) is 0.395. The van der Waals surface area contributed by atoms with Crippen molar-refractivity contribution in [2.75, 3.05) is 59.3 Å². The molecular formula is C29H36ClN7S. The second-order valence-corrected chi connectivity index (χ2v) is 11.3. The van der Waals surface area contributed by atoms with Gasteiger partial charge in [-0.1, -0.05) is 55.8 Å². The highest BCUT2D eigenvalue weighted by Gasteiger charge is 2.25. The lowest BCUT2D eigenvalue weighted by Crippen LogP contribution is -2.47. The highest BCUT2D eigenvalue weighted by molar-refractivity contribution is 7.80. The van der Waals surface area contributed by atoms with Gasteiger partial charge in [0.1, 0.15) is 11.6 Å². The number of hydrogen-bond donors (Lipinski definition) is 2. The van der Waals surface area contributed by atoms with E-state index in [2.05, 4.69) is 75.6 Å². The van der Waals surface area contributed by atoms with Crippen molar-refractivity contribution in [1.82, 2.24) is 15.3 Å². The van der Waals surface area contributed by atoms with Gasteiger partial charge in [-0.2, -0.15) is 9.97 Å². The molecule has 2 N–H and O–H groups in total. The van der Waals surface area contributed by atoms with Crippen molar-refractivity contribution in [3.8, 4) is 0 Å². The van der Waals surface area contributed by atoms with E-state index >= 15 is 0 Å². The zero-order chi connectivity index (χ0) is 26.5. The Hall–Kier alpha value is -3.10. The fraction of sp³-hybridized carbons (Fsp3) is 0.414. The molecule has 2 aliphatic heterocycles. The van der Waals surface area contributed by atoms with Gasteiger partial charge in [0.2, 0.25) is 5.95 Å². The van der Waals surface area contributed by atoms with E-state index in [9.17, 15) is 0 Å². The second-order valence-electron chi connectivity index (χ2n) is 10.5. The van der Waals surface area contributed by atoms with E-state index in [1.165, 1.54) is 12.1 Å². The summed E-state index contributed by atoms with van der Waals surface area (Å²) in [4.78, 5) is 17.0. The summed E-state index contributed by atoms with van der Waals surface area (Å²) in [6.45, 7) is 10.9. The van der Waals surface area contributed by atoms with Crippen molar-refractivity contribution < 1.29 is 0 Å². The molecule has 2 aliphatic rings. The largest absolute Gasteiger partial charge is 0.368 e. The topological polar surface area (TPSA) is 59.6 Å². The number of nitrogens with zero attached hydrogens (tertiary/aromatic N) is 5. The van der Waals surface area contributed by atoms with Crippen molar-refractivity contribution >= 4 is 52.2 Å². The van der Waals surface area contributed by atoms with E-state index in [0.717, 1.165) is 61.5 Å². The van der Waals surface area contributed by atoms with Crippen molar-refractivity contribution in [3.05, 3.63) is 71.2 Å². The molecule has 200 valence electrons. The first-order valence-corrected chi connectivity index (χ1v) is 14.2. The molecule has 5 rings (SSSR count). The lowest BCUT2D eigenvalue weighted by molar-refractivity contribution is 0.355. The first kappa shape index (κ1) is 26.5. The second kappa shape index (κ2) is 12.2. The van der Waals surface area contributed by atoms with E-state index in [-0.39, 0.29) is 0 Å². The average Bonchev–Trinajstić information content (AvgIpc) is 2.93. The smallest absolute Gasteiger partial charge is 0.232 e. The Morgan fingerprint density at radius 3 is 2.13 bits per heavy atom. The SMILES string of the molecule is CC1CC(C)CN(c2cc(N3CCN(c4ccccc4)CC3)nc(NC(=S)NCc3ccc(Cl)cc3)n2)C1. The monoisotopic (exact) mass is 549 g/mol. The molecule has 2 aromatic carbocycles. The minimum atomic E-state index is 0.498. The van der Waals surface area contributed by atoms with Gasteiger partial charge in [-0.05, 0) is 60.3 Å². The molecule has 3 aromatic rings. The number of aromatic nitrogens is 2. The first-order chi connectivity index (χ1) is 18.4. The van der Waals surface area contributed by atoms with Gasteiger partial charge in [0.15, 0.2) is 5.11 Å². The van der Waals surface area contributed by atoms with Crippen molar-refractivity contribution in [2.45, 2.75) is 26.8 Å². The van der Waals surface area contributed by atoms with Crippen LogP contribution in [0, 0.1) is 11.8 Å². The van der Waals surface area contributed by atoms with Gasteiger partial charge >= 0.3 is 0 Å². The summed E-state index contributed by atoms with van der Waals surface area (Å²) in [5, 5.41) is 7.73. The summed E-state index contributed by atoms with van der Waals surface area (Å²) >= 11 is 11.6. The normalized spacial score (nSPS) is 19.8. The third-order valence-corrected chi connectivity index (χ3v) is 7.71. The van der Waals surface area contributed by atoms with Gasteiger partial charge in [0, 0.05) is 62.6 Å². The number of anilines is 4. The molecule has 2 saturated heterocycles. The first-order valence-electron chi connectivity index (χ1n) is 13.4. The Morgan fingerprint density at radius 1 is 0.868 bits per heavy atom. The van der Waals surface area contributed by atoms with Crippen LogP contribution >= 0.6 is 23.8 Å². The highest BCUT2D eigenvalue weighted by atomic mass is 35.5. The molecule has 1 aromatic heterocycles. The Morgan fingerprint density at radius 2 is 1.47 bits per heavy atom. The summed E-state index contributed by atoms with van der Waals surface area (Å²) in [6, 6.07) is 20.5. The minimum Gasteiger partial charge on any atom is -0.368 e. The zero-order valence-electron chi connectivity index (χ0n) is 22.1. The maximum atomic E-state index is 6.01. The van der Waals surface area contributed by atoms with Crippen LogP contribution in [0.3, 0.4) is 0 Å². The van der Waals surface area contributed by atoms with Crippen LogP contribution in [0.15, 0.2) is 60.7 Å². The van der Waals surface area contributed by atoms with Gasteiger partial charge in [-0.15, -0.1) is 0 Å². The fourth-order valence-corrected chi connectivity index (χ4v) is 5.70. The van der Waals surface area contributed by atoms with Crippen molar-refractivity contribution in [1.29, 1.82) is 0 Å². The summed E-state index contributed by atoms with van der Waals surface area (Å²) in [5.74, 6) is 3.69. The lowest BCUT2D eigenvalue weighted by Gasteiger charge is -2.38. The molecule has 7 nitrogen and oxygen atoms in total. The zero-order valence-corrected chi connectivity index (χ0v) is 23.7. The van der Waals surface area contributed by atoms with Crippen molar-refractivity contribution in [2.24, 2.45) is 11.8 Å². The summed E-state index contributed by atoms with van der Waals surface area (Å²) in [5.41, 5.74) is 2.37. The van der Waals surface area contributed by atoms with Crippen molar-refractivity contribution in [3.63, 3.8) is 0 Å². The van der Waals surface area contributed by atoms with Crippen LogP contribution < -0.4 is 25.3 Å². The number of nitrogens with one attached hydrogen (secondary N) is 2. The summed E-state index contributed by atoms with van der Waals surface area (Å²) in [6.07, 6.45) is 1.25. The van der Waals surface area contributed by atoms with Crippen LogP contribution in [0.1, 0.15) is 25.8 Å². The molecule has 0 amide bonds. The number of hydrogen-bond acceptors (Lipinski definition) is 6. The Labute approximate surface area is 236 Å². The Balaban J connectivity index is 1.31. The lowest BCUT2D eigenvalue weighted by atomic mass is 9.92. The van der Waals surface area contributed by atoms with E-state index in [4.69, 9.17) is 33.8 Å². The molecule has 2 atom stereocenters. The molecule has 0 aliphatic carbocycles. The van der Waals surface area contributed by atoms with E-state index in [1.54, 1.807) is 0 Å². The molecule has 0 bridgehead atoms. The number of piperazine rings is 1. The highest BCUT2D eigenvalue weighted by Crippen LogP contribution is 2.29. The number of thiocarbonyl (C=S) groups is 1. The van der Waals surface area contributed by atoms with Gasteiger partial charge in [0.25, 0.3) is 0 Å². The van der Waals surface area contributed by atoms with Gasteiger partial charge in [-0.3, -0.25) is 0 Å². The maximum absolute atomic E-state index is 6.01. The van der Waals surface area contributed by atoms with Crippen LogP contribution in [-0.2, 0) is 6.54 Å². The number of halogens is 1. The van der Waals surface area contributed by atoms with Crippen LogP contribution in [0.25, 0.3) is 0 Å². The third kappa shape index (κ3) is 6.85. The third-order valence-electron chi connectivity index (χ3n) is 7.21. The van der Waals surface area contributed by atoms with Gasteiger partial charge < -0.3 is 25.3 Å². The molecule has 0 radical (unpaired) electrons. The van der Waals surface area contributed by atoms with Crippen LogP contribution in [0.2, 0.25) is 5.02 Å². The van der Waals surface area contributed by atoms with Gasteiger partial charge in [-0.25, -0.2) is 0 Å². The number of piperidine rings is 1. The Bertz CT molecular complexity index is 1210.